The molecule has 0 aliphatic carbocycles. The normalized spacial score (nSPS) is 23.2. The molecule has 0 spiro atoms. The van der Waals surface area contributed by atoms with Gasteiger partial charge in [-0.1, -0.05) is 33.7 Å². The molecule has 2 amide bonds. The Balaban J connectivity index is 1.19. The van der Waals surface area contributed by atoms with Crippen molar-refractivity contribution < 1.29 is 29.4 Å². The van der Waals surface area contributed by atoms with Crippen molar-refractivity contribution >= 4 is 56.7 Å². The van der Waals surface area contributed by atoms with Crippen LogP contribution < -0.4 is 21.3 Å². The third-order valence-corrected chi connectivity index (χ3v) is 9.24. The predicted molar refractivity (Wildman–Crippen MR) is 140 cm³/mol. The van der Waals surface area contributed by atoms with Crippen LogP contribution in [0.1, 0.15) is 33.6 Å². The highest BCUT2D eigenvalue weighted by molar-refractivity contribution is 8.77. The summed E-state index contributed by atoms with van der Waals surface area (Å²) in [5.41, 5.74) is 1.12. The largest absolute Gasteiger partial charge is 0.478 e. The maximum atomic E-state index is 12.6. The smallest absolute Gasteiger partial charge is 0.335 e. The molecule has 190 valence electrons. The van der Waals surface area contributed by atoms with E-state index in [2.05, 4.69) is 21.3 Å². The zero-order valence-electron chi connectivity index (χ0n) is 19.1. The van der Waals surface area contributed by atoms with Crippen molar-refractivity contribution in [3.63, 3.8) is 0 Å². The number of carbonyl (C=O) groups excluding carboxylic acids is 2. The second-order valence-electron chi connectivity index (χ2n) is 8.58. The van der Waals surface area contributed by atoms with Gasteiger partial charge in [0.2, 0.25) is 11.8 Å². The summed E-state index contributed by atoms with van der Waals surface area (Å²) < 4.78 is 0. The van der Waals surface area contributed by atoms with E-state index in [9.17, 15) is 19.2 Å². The minimum absolute atomic E-state index is 0.114. The van der Waals surface area contributed by atoms with Crippen LogP contribution in [0.2, 0.25) is 0 Å². The van der Waals surface area contributed by atoms with Gasteiger partial charge in [0.05, 0.1) is 23.2 Å². The van der Waals surface area contributed by atoms with Crippen molar-refractivity contribution in [1.82, 2.24) is 10.6 Å². The Hall–Kier alpha value is -3.06. The molecule has 2 aliphatic rings. The minimum atomic E-state index is -1.05. The van der Waals surface area contributed by atoms with E-state index in [-0.39, 0.29) is 45.5 Å². The maximum Gasteiger partial charge on any atom is 0.335 e. The second kappa shape index (κ2) is 11.8. The molecule has 12 heteroatoms. The maximum absolute atomic E-state index is 12.6. The molecular weight excluding hydrogens is 504 g/mol. The van der Waals surface area contributed by atoms with Gasteiger partial charge in [0.15, 0.2) is 0 Å². The summed E-state index contributed by atoms with van der Waals surface area (Å²) in [5, 5.41) is 30.7. The summed E-state index contributed by atoms with van der Waals surface area (Å²) in [6.07, 6.45) is 1.29. The third kappa shape index (κ3) is 6.78. The molecule has 2 aliphatic heterocycles. The predicted octanol–water partition coefficient (Wildman–Crippen LogP) is 2.50. The number of carboxylic acid groups (broad SMARTS) is 2. The molecule has 36 heavy (non-hydrogen) atoms. The lowest BCUT2D eigenvalue weighted by Crippen LogP contribution is -2.35. The lowest BCUT2D eigenvalue weighted by Gasteiger charge is -2.13. The topological polar surface area (TPSA) is 157 Å². The summed E-state index contributed by atoms with van der Waals surface area (Å²) in [5.74, 6) is -2.49. The summed E-state index contributed by atoms with van der Waals surface area (Å²) in [6, 6.07) is 11.6. The molecule has 0 saturated carbocycles. The van der Waals surface area contributed by atoms with Crippen LogP contribution in [0.3, 0.4) is 0 Å². The number of hydrogen-bond acceptors (Lipinski definition) is 8. The van der Waals surface area contributed by atoms with Crippen molar-refractivity contribution in [2.45, 2.75) is 35.4 Å². The van der Waals surface area contributed by atoms with Gasteiger partial charge in [0.25, 0.3) is 0 Å². The fourth-order valence-corrected chi connectivity index (χ4v) is 7.04. The summed E-state index contributed by atoms with van der Waals surface area (Å²) in [4.78, 5) is 47.4. The number of benzene rings is 2. The first kappa shape index (κ1) is 26.0. The Morgan fingerprint density at radius 3 is 1.53 bits per heavy atom. The molecule has 1 unspecified atom stereocenters. The van der Waals surface area contributed by atoms with E-state index >= 15 is 0 Å². The fourth-order valence-electron chi connectivity index (χ4n) is 4.03. The summed E-state index contributed by atoms with van der Waals surface area (Å²) >= 11 is 0. The molecule has 0 bridgehead atoms. The Bertz CT molecular complexity index is 1070. The zero-order valence-corrected chi connectivity index (χ0v) is 20.7. The Kier molecular flexibility index (Phi) is 8.52. The molecule has 6 N–H and O–H groups in total. The molecule has 0 radical (unpaired) electrons. The minimum Gasteiger partial charge on any atom is -0.478 e. The van der Waals surface area contributed by atoms with Crippen LogP contribution in [0.25, 0.3) is 0 Å². The van der Waals surface area contributed by atoms with Crippen LogP contribution in [0.15, 0.2) is 48.5 Å². The van der Waals surface area contributed by atoms with Crippen molar-refractivity contribution in [3.05, 3.63) is 59.7 Å². The van der Waals surface area contributed by atoms with E-state index in [1.54, 1.807) is 45.9 Å². The number of carboxylic acids is 2. The van der Waals surface area contributed by atoms with E-state index in [4.69, 9.17) is 10.2 Å². The first-order valence-electron chi connectivity index (χ1n) is 11.4. The first-order chi connectivity index (χ1) is 17.3. The highest BCUT2D eigenvalue weighted by Gasteiger charge is 2.34. The average Bonchev–Trinajstić information content (AvgIpc) is 3.53. The molecule has 2 aromatic carbocycles. The number of carbonyl (C=O) groups is 4. The van der Waals surface area contributed by atoms with Gasteiger partial charge in [-0.2, -0.15) is 0 Å². The van der Waals surface area contributed by atoms with Crippen molar-refractivity contribution in [3.8, 4) is 0 Å². The van der Waals surface area contributed by atoms with E-state index in [0.29, 0.717) is 37.3 Å². The fraction of sp³-hybridized carbons (Fsp3) is 0.333. The van der Waals surface area contributed by atoms with Gasteiger partial charge in [-0.05, 0) is 49.2 Å². The van der Waals surface area contributed by atoms with E-state index in [1.165, 1.54) is 24.3 Å². The van der Waals surface area contributed by atoms with E-state index < -0.39 is 11.9 Å². The average molecular weight is 531 g/mol. The van der Waals surface area contributed by atoms with Crippen LogP contribution in [-0.2, 0) is 9.59 Å². The van der Waals surface area contributed by atoms with Crippen LogP contribution in [0.5, 0.6) is 0 Å². The van der Waals surface area contributed by atoms with Crippen LogP contribution >= 0.6 is 21.6 Å². The number of amides is 2. The SMILES string of the molecule is O=C(O)c1cccc(NC(=O)[C@@H]2CC(SS[C@@H]3CN[C@H](C(=O)Nc4cccc(C(=O)O)c4)C3)CN2)c1. The van der Waals surface area contributed by atoms with Crippen LogP contribution in [0.4, 0.5) is 11.4 Å². The van der Waals surface area contributed by atoms with Crippen molar-refractivity contribution in [2.24, 2.45) is 0 Å². The molecule has 0 aromatic heterocycles. The second-order valence-corrected chi connectivity index (χ2v) is 11.5. The van der Waals surface area contributed by atoms with E-state index in [0.717, 1.165) is 0 Å². The van der Waals surface area contributed by atoms with Crippen molar-refractivity contribution in [1.29, 1.82) is 0 Å². The number of anilines is 2. The molecular formula is C24H26N4O6S2. The standard InChI is InChI=1S/C24H26N4O6S2/c29-21(27-15-5-1-3-13(7-15)23(31)32)19-9-17(11-25-19)35-36-18-10-20(26-12-18)22(30)28-16-6-2-4-14(8-16)24(33)34/h1-8,17-20,25-26H,9-12H2,(H,27,29)(H,28,30)(H,31,32)(H,33,34)/t17-,18?,19-,20-/m0/s1. The quantitative estimate of drug-likeness (QED) is 0.266. The van der Waals surface area contributed by atoms with Gasteiger partial charge in [-0.25, -0.2) is 9.59 Å². The molecule has 2 saturated heterocycles. The van der Waals surface area contributed by atoms with Gasteiger partial charge in [-0.15, -0.1) is 0 Å². The lowest BCUT2D eigenvalue weighted by atomic mass is 10.1. The number of nitrogens with one attached hydrogen (secondary N) is 4. The Morgan fingerprint density at radius 1 is 0.722 bits per heavy atom. The third-order valence-electron chi connectivity index (χ3n) is 5.90. The summed E-state index contributed by atoms with van der Waals surface area (Å²) in [6.45, 7) is 1.35. The number of aromatic carboxylic acids is 2. The molecule has 10 nitrogen and oxygen atoms in total. The molecule has 2 fully saturated rings. The van der Waals surface area contributed by atoms with Crippen molar-refractivity contribution in [2.75, 3.05) is 23.7 Å². The zero-order chi connectivity index (χ0) is 25.7. The molecule has 4 rings (SSSR count). The summed E-state index contributed by atoms with van der Waals surface area (Å²) in [7, 11) is 3.39. The van der Waals surface area contributed by atoms with Gasteiger partial charge in [0, 0.05) is 35.0 Å². The van der Waals surface area contributed by atoms with Gasteiger partial charge < -0.3 is 31.5 Å². The Morgan fingerprint density at radius 2 is 1.14 bits per heavy atom. The highest BCUT2D eigenvalue weighted by atomic mass is 33.1. The monoisotopic (exact) mass is 530 g/mol. The number of rotatable bonds is 9. The molecule has 2 heterocycles. The van der Waals surface area contributed by atoms with E-state index in [1.807, 2.05) is 0 Å². The first-order valence-corrected chi connectivity index (χ1v) is 13.6. The highest BCUT2D eigenvalue weighted by Crippen LogP contribution is 2.38. The molecule has 2 aromatic rings. The van der Waals surface area contributed by atoms with Gasteiger partial charge in [0.1, 0.15) is 0 Å². The van der Waals surface area contributed by atoms with Gasteiger partial charge in [-0.3, -0.25) is 9.59 Å². The molecule has 4 atom stereocenters. The lowest BCUT2D eigenvalue weighted by molar-refractivity contribution is -0.118. The van der Waals surface area contributed by atoms with Crippen LogP contribution in [0, 0.1) is 0 Å². The van der Waals surface area contributed by atoms with Gasteiger partial charge >= 0.3 is 11.9 Å². The Labute approximate surface area is 215 Å². The van der Waals surface area contributed by atoms with Crippen LogP contribution in [-0.4, -0.2) is 69.6 Å². The number of hydrogen-bond donors (Lipinski definition) is 6.